The molecule has 3 rings (SSSR count). The first-order valence-electron chi connectivity index (χ1n) is 10.2. The van der Waals surface area contributed by atoms with Crippen molar-refractivity contribution in [3.63, 3.8) is 0 Å². The van der Waals surface area contributed by atoms with Crippen LogP contribution in [0.1, 0.15) is 25.1 Å². The third kappa shape index (κ3) is 5.28. The van der Waals surface area contributed by atoms with E-state index in [2.05, 4.69) is 25.6 Å². The quantitative estimate of drug-likeness (QED) is 0.274. The summed E-state index contributed by atoms with van der Waals surface area (Å²) in [6.07, 6.45) is 8.51. The molecule has 3 aromatic heterocycles. The Morgan fingerprint density at radius 3 is 2.59 bits per heavy atom. The molecule has 32 heavy (non-hydrogen) atoms. The molecule has 8 nitrogen and oxygen atoms in total. The van der Waals surface area contributed by atoms with Gasteiger partial charge in [0.05, 0.1) is 22.4 Å². The zero-order valence-corrected chi connectivity index (χ0v) is 18.4. The predicted octanol–water partition coefficient (Wildman–Crippen LogP) is 3.36. The lowest BCUT2D eigenvalue weighted by Gasteiger charge is -2.12. The van der Waals surface area contributed by atoms with Crippen LogP contribution in [0.3, 0.4) is 0 Å². The van der Waals surface area contributed by atoms with Crippen molar-refractivity contribution in [1.29, 1.82) is 5.41 Å². The SMILES string of the molecule is CN/C=C(\C(=N)c1ccccn1)c1cnc2ccc(N/C(N)=C/C(=C\N)C(C)C)nc2c1. The van der Waals surface area contributed by atoms with Gasteiger partial charge in [-0.15, -0.1) is 0 Å². The van der Waals surface area contributed by atoms with Crippen LogP contribution in [0.5, 0.6) is 0 Å². The van der Waals surface area contributed by atoms with Gasteiger partial charge in [-0.05, 0) is 54.1 Å². The van der Waals surface area contributed by atoms with E-state index in [0.29, 0.717) is 28.4 Å². The Bertz CT molecular complexity index is 1190. The van der Waals surface area contributed by atoms with E-state index >= 15 is 0 Å². The minimum Gasteiger partial charge on any atom is -0.404 e. The lowest BCUT2D eigenvalue weighted by molar-refractivity contribution is 0.786. The lowest BCUT2D eigenvalue weighted by Crippen LogP contribution is -2.12. The largest absolute Gasteiger partial charge is 0.404 e. The Kier molecular flexibility index (Phi) is 7.17. The second-order valence-electron chi connectivity index (χ2n) is 7.44. The Morgan fingerprint density at radius 1 is 1.12 bits per heavy atom. The molecule has 0 aliphatic carbocycles. The Balaban J connectivity index is 1.94. The van der Waals surface area contributed by atoms with Gasteiger partial charge in [0, 0.05) is 36.8 Å². The average molecular weight is 429 g/mol. The van der Waals surface area contributed by atoms with Crippen LogP contribution in [-0.2, 0) is 0 Å². The fraction of sp³-hybridized carbons (Fsp3) is 0.167. The highest BCUT2D eigenvalue weighted by atomic mass is 15.1. The number of hydrogen-bond donors (Lipinski definition) is 5. The van der Waals surface area contributed by atoms with Gasteiger partial charge >= 0.3 is 0 Å². The number of fused-ring (bicyclic) bond motifs is 1. The van der Waals surface area contributed by atoms with Crippen LogP contribution in [0.15, 0.2) is 78.7 Å². The molecule has 7 N–H and O–H groups in total. The first-order valence-corrected chi connectivity index (χ1v) is 10.2. The Morgan fingerprint density at radius 2 is 1.94 bits per heavy atom. The van der Waals surface area contributed by atoms with E-state index in [0.717, 1.165) is 16.7 Å². The van der Waals surface area contributed by atoms with Crippen molar-refractivity contribution in [2.24, 2.45) is 17.4 Å². The van der Waals surface area contributed by atoms with Gasteiger partial charge in [-0.25, -0.2) is 4.98 Å². The first kappa shape index (κ1) is 22.5. The summed E-state index contributed by atoms with van der Waals surface area (Å²) < 4.78 is 0. The molecule has 8 heteroatoms. The van der Waals surface area contributed by atoms with Gasteiger partial charge in [0.15, 0.2) is 0 Å². The van der Waals surface area contributed by atoms with Crippen LogP contribution in [-0.4, -0.2) is 27.7 Å². The minimum absolute atomic E-state index is 0.253. The second-order valence-corrected chi connectivity index (χ2v) is 7.44. The van der Waals surface area contributed by atoms with Crippen molar-refractivity contribution in [2.45, 2.75) is 13.8 Å². The molecule has 164 valence electrons. The van der Waals surface area contributed by atoms with Crippen LogP contribution < -0.4 is 22.1 Å². The van der Waals surface area contributed by atoms with E-state index in [1.807, 2.05) is 44.2 Å². The zero-order chi connectivity index (χ0) is 23.1. The van der Waals surface area contributed by atoms with E-state index in [4.69, 9.17) is 16.9 Å². The summed E-state index contributed by atoms with van der Waals surface area (Å²) in [5.74, 6) is 1.28. The van der Waals surface area contributed by atoms with Gasteiger partial charge in [0.2, 0.25) is 0 Å². The number of nitrogens with zero attached hydrogens (tertiary/aromatic N) is 3. The topological polar surface area (TPSA) is 139 Å². The van der Waals surface area contributed by atoms with E-state index < -0.39 is 0 Å². The molecular formula is C24H28N8. The van der Waals surface area contributed by atoms with E-state index in [-0.39, 0.29) is 11.6 Å². The summed E-state index contributed by atoms with van der Waals surface area (Å²) in [5, 5.41) is 14.7. The molecule has 0 fully saturated rings. The summed E-state index contributed by atoms with van der Waals surface area (Å²) in [4.78, 5) is 13.5. The first-order chi connectivity index (χ1) is 15.4. The van der Waals surface area contributed by atoms with Crippen molar-refractivity contribution in [1.82, 2.24) is 20.3 Å². The van der Waals surface area contributed by atoms with Gasteiger partial charge in [-0.1, -0.05) is 19.9 Å². The van der Waals surface area contributed by atoms with Gasteiger partial charge < -0.3 is 22.1 Å². The summed E-state index contributed by atoms with van der Waals surface area (Å²) in [7, 11) is 1.79. The number of hydrogen-bond acceptors (Lipinski definition) is 8. The maximum absolute atomic E-state index is 8.62. The molecule has 0 saturated carbocycles. The van der Waals surface area contributed by atoms with Crippen molar-refractivity contribution < 1.29 is 0 Å². The number of nitrogens with two attached hydrogens (primary N) is 2. The molecule has 0 spiro atoms. The van der Waals surface area contributed by atoms with Crippen LogP contribution in [0.25, 0.3) is 16.6 Å². The van der Waals surface area contributed by atoms with E-state index in [1.54, 1.807) is 44.0 Å². The van der Waals surface area contributed by atoms with Crippen molar-refractivity contribution in [3.05, 3.63) is 89.9 Å². The number of pyridine rings is 3. The fourth-order valence-electron chi connectivity index (χ4n) is 3.09. The highest BCUT2D eigenvalue weighted by Crippen LogP contribution is 2.22. The molecule has 0 aliphatic heterocycles. The molecular weight excluding hydrogens is 400 g/mol. The zero-order valence-electron chi connectivity index (χ0n) is 18.4. The average Bonchev–Trinajstić information content (AvgIpc) is 2.80. The monoisotopic (exact) mass is 428 g/mol. The summed E-state index contributed by atoms with van der Waals surface area (Å²) in [5.41, 5.74) is 16.4. The lowest BCUT2D eigenvalue weighted by atomic mass is 10.0. The number of allylic oxidation sites excluding steroid dienone is 3. The van der Waals surface area contributed by atoms with E-state index in [9.17, 15) is 0 Å². The van der Waals surface area contributed by atoms with Crippen LogP contribution in [0, 0.1) is 11.3 Å². The molecule has 0 bridgehead atoms. The summed E-state index contributed by atoms with van der Waals surface area (Å²) in [6.45, 7) is 4.09. The van der Waals surface area contributed by atoms with Crippen LogP contribution >= 0.6 is 0 Å². The van der Waals surface area contributed by atoms with E-state index in [1.165, 1.54) is 0 Å². The summed E-state index contributed by atoms with van der Waals surface area (Å²) >= 11 is 0. The summed E-state index contributed by atoms with van der Waals surface area (Å²) in [6, 6.07) is 11.1. The maximum atomic E-state index is 8.62. The molecule has 0 amide bonds. The maximum Gasteiger partial charge on any atom is 0.132 e. The second kappa shape index (κ2) is 10.2. The van der Waals surface area contributed by atoms with Gasteiger partial charge in [-0.3, -0.25) is 15.4 Å². The van der Waals surface area contributed by atoms with Gasteiger partial charge in [0.25, 0.3) is 0 Å². The predicted molar refractivity (Wildman–Crippen MR) is 131 cm³/mol. The third-order valence-electron chi connectivity index (χ3n) is 4.78. The van der Waals surface area contributed by atoms with Gasteiger partial charge in [-0.2, -0.15) is 0 Å². The highest BCUT2D eigenvalue weighted by Gasteiger charge is 2.13. The third-order valence-corrected chi connectivity index (χ3v) is 4.78. The number of nitrogens with one attached hydrogen (secondary N) is 3. The molecule has 0 aliphatic rings. The molecule has 0 radical (unpaired) electrons. The van der Waals surface area contributed by atoms with Crippen LogP contribution in [0.4, 0.5) is 5.82 Å². The molecule has 0 aromatic carbocycles. The van der Waals surface area contributed by atoms with Crippen molar-refractivity contribution >= 4 is 28.1 Å². The standard InChI is InChI=1S/C24H28N8/c1-15(2)16(12-25)11-22(26)32-23-8-7-19-21(31-23)10-17(13-30-19)18(14-28-3)24(27)20-6-4-5-9-29-20/h4-15,27-28H,25-26H2,1-3H3,(H,31,32)/b16-12+,18-14-,22-11+,27-24?. The number of rotatable bonds is 8. The smallest absolute Gasteiger partial charge is 0.132 e. The minimum atomic E-state index is 0.253. The number of aromatic nitrogens is 3. The Hall–Kier alpha value is -4.20. The Labute approximate surface area is 187 Å². The molecule has 0 saturated heterocycles. The molecule has 3 heterocycles. The van der Waals surface area contributed by atoms with Crippen molar-refractivity contribution in [3.8, 4) is 0 Å². The normalized spacial score (nSPS) is 12.8. The molecule has 0 atom stereocenters. The molecule has 3 aromatic rings. The van der Waals surface area contributed by atoms with Crippen LogP contribution in [0.2, 0.25) is 0 Å². The fourth-order valence-corrected chi connectivity index (χ4v) is 3.09. The number of anilines is 1. The highest BCUT2D eigenvalue weighted by molar-refractivity contribution is 6.29. The van der Waals surface area contributed by atoms with Crippen molar-refractivity contribution in [2.75, 3.05) is 12.4 Å². The van der Waals surface area contributed by atoms with Gasteiger partial charge in [0.1, 0.15) is 11.6 Å². The molecule has 0 unspecified atom stereocenters.